The Labute approximate surface area is 153 Å². The van der Waals surface area contributed by atoms with E-state index in [0.29, 0.717) is 12.4 Å². The third-order valence-electron chi connectivity index (χ3n) is 5.07. The number of benzene rings is 1. The molecule has 0 atom stereocenters. The Morgan fingerprint density at radius 3 is 2.69 bits per heavy atom. The van der Waals surface area contributed by atoms with Gasteiger partial charge in [-0.25, -0.2) is 19.7 Å². The second kappa shape index (κ2) is 6.93. The molecule has 2 aromatic rings. The number of para-hydroxylation sites is 1. The van der Waals surface area contributed by atoms with Crippen molar-refractivity contribution in [2.75, 3.05) is 50.5 Å². The Hall–Kier alpha value is -2.64. The molecule has 1 aromatic carbocycles. The van der Waals surface area contributed by atoms with E-state index in [2.05, 4.69) is 27.3 Å². The van der Waals surface area contributed by atoms with Crippen LogP contribution in [0.1, 0.15) is 5.56 Å². The summed E-state index contributed by atoms with van der Waals surface area (Å²) in [6, 6.07) is 11.7. The van der Waals surface area contributed by atoms with Gasteiger partial charge >= 0.3 is 6.03 Å². The van der Waals surface area contributed by atoms with E-state index in [-0.39, 0.29) is 6.03 Å². The topological polar surface area (TPSA) is 55.0 Å². The van der Waals surface area contributed by atoms with Crippen molar-refractivity contribution in [3.8, 4) is 0 Å². The van der Waals surface area contributed by atoms with Crippen LogP contribution < -0.4 is 10.2 Å². The van der Waals surface area contributed by atoms with Gasteiger partial charge < -0.3 is 10.2 Å². The average molecular weight is 352 g/mol. The molecule has 0 radical (unpaired) electrons. The monoisotopic (exact) mass is 352 g/mol. The van der Waals surface area contributed by atoms with Gasteiger partial charge in [0, 0.05) is 46.0 Å². The maximum absolute atomic E-state index is 13.5. The summed E-state index contributed by atoms with van der Waals surface area (Å²) in [7, 11) is 3.95. The van der Waals surface area contributed by atoms with E-state index in [1.54, 1.807) is 16.1 Å². The third-order valence-corrected chi connectivity index (χ3v) is 5.07. The first-order chi connectivity index (χ1) is 12.6. The van der Waals surface area contributed by atoms with E-state index >= 15 is 0 Å². The van der Waals surface area contributed by atoms with Crippen LogP contribution in [0.2, 0.25) is 0 Å². The predicted molar refractivity (Wildman–Crippen MR) is 102 cm³/mol. The fourth-order valence-electron chi connectivity index (χ4n) is 3.45. The smallest absolute Gasteiger partial charge is 0.344 e. The molecule has 3 heterocycles. The van der Waals surface area contributed by atoms with E-state index in [4.69, 9.17) is 0 Å². The lowest BCUT2D eigenvalue weighted by atomic mass is 10.1. The van der Waals surface area contributed by atoms with Crippen LogP contribution in [0.3, 0.4) is 0 Å². The van der Waals surface area contributed by atoms with Gasteiger partial charge in [0.25, 0.3) is 0 Å². The highest BCUT2D eigenvalue weighted by molar-refractivity contribution is 6.02. The van der Waals surface area contributed by atoms with Gasteiger partial charge in [-0.15, -0.1) is 0 Å². The predicted octanol–water partition coefficient (Wildman–Crippen LogP) is 2.36. The van der Waals surface area contributed by atoms with E-state index in [0.717, 1.165) is 43.1 Å². The first-order valence-electron chi connectivity index (χ1n) is 8.93. The molecule has 1 aromatic heterocycles. The number of fused-ring (bicyclic) bond motifs is 2. The fraction of sp³-hybridized carbons (Fsp3) is 0.368. The van der Waals surface area contributed by atoms with Gasteiger partial charge in [-0.05, 0) is 30.8 Å². The first kappa shape index (κ1) is 16.8. The van der Waals surface area contributed by atoms with Crippen molar-refractivity contribution < 1.29 is 4.79 Å². The zero-order valence-corrected chi connectivity index (χ0v) is 15.2. The Morgan fingerprint density at radius 2 is 1.88 bits per heavy atom. The number of urea groups is 1. The van der Waals surface area contributed by atoms with Crippen LogP contribution in [0.15, 0.2) is 42.6 Å². The molecule has 0 spiro atoms. The van der Waals surface area contributed by atoms with Crippen LogP contribution in [-0.2, 0) is 6.54 Å². The zero-order chi connectivity index (χ0) is 18.1. The Morgan fingerprint density at radius 1 is 1.12 bits per heavy atom. The normalized spacial score (nSPS) is 17.7. The molecule has 0 bridgehead atoms. The molecule has 0 saturated carbocycles. The summed E-state index contributed by atoms with van der Waals surface area (Å²) in [5, 5.41) is 7.23. The summed E-state index contributed by atoms with van der Waals surface area (Å²) in [6.45, 7) is 4.23. The van der Waals surface area contributed by atoms with Crippen LogP contribution >= 0.6 is 0 Å². The summed E-state index contributed by atoms with van der Waals surface area (Å²) in [4.78, 5) is 22.0. The number of hydrogen-bond acceptors (Lipinski definition) is 5. The number of pyridine rings is 1. The molecule has 1 saturated heterocycles. The second-order valence-corrected chi connectivity index (χ2v) is 6.76. The van der Waals surface area contributed by atoms with Crippen molar-refractivity contribution in [2.24, 2.45) is 0 Å². The summed E-state index contributed by atoms with van der Waals surface area (Å²) >= 11 is 0. The van der Waals surface area contributed by atoms with Crippen molar-refractivity contribution in [1.29, 1.82) is 0 Å². The van der Waals surface area contributed by atoms with Gasteiger partial charge in [-0.2, -0.15) is 0 Å². The molecular formula is C19H24N6O. The quantitative estimate of drug-likeness (QED) is 0.854. The summed E-state index contributed by atoms with van der Waals surface area (Å²) in [5.74, 6) is 0.642. The van der Waals surface area contributed by atoms with Crippen LogP contribution in [-0.4, -0.2) is 66.2 Å². The largest absolute Gasteiger partial charge is 0.378 e. The van der Waals surface area contributed by atoms with Gasteiger partial charge in [-0.1, -0.05) is 18.2 Å². The molecule has 7 heteroatoms. The number of anilines is 3. The fourth-order valence-corrected chi connectivity index (χ4v) is 3.45. The van der Waals surface area contributed by atoms with Crippen molar-refractivity contribution in [2.45, 2.75) is 6.54 Å². The number of aromatic nitrogens is 1. The van der Waals surface area contributed by atoms with Gasteiger partial charge in [0.05, 0.1) is 11.4 Å². The minimum atomic E-state index is -0.0920. The molecule has 7 nitrogen and oxygen atoms in total. The van der Waals surface area contributed by atoms with Crippen LogP contribution in [0.5, 0.6) is 0 Å². The number of carbonyl (C=O) groups excluding carboxylic acids is 1. The molecule has 136 valence electrons. The van der Waals surface area contributed by atoms with Crippen LogP contribution in [0.25, 0.3) is 0 Å². The maximum Gasteiger partial charge on any atom is 0.344 e. The van der Waals surface area contributed by atoms with Crippen molar-refractivity contribution in [3.05, 3.63) is 48.2 Å². The molecule has 2 aliphatic heterocycles. The molecule has 1 fully saturated rings. The number of rotatable bonds is 1. The molecular weight excluding hydrogens is 328 g/mol. The number of piperazine rings is 1. The lowest BCUT2D eigenvalue weighted by molar-refractivity contribution is 0.00221. The van der Waals surface area contributed by atoms with E-state index in [1.165, 1.54) is 0 Å². The lowest BCUT2D eigenvalue weighted by Crippen LogP contribution is -2.55. The average Bonchev–Trinajstić information content (AvgIpc) is 2.84. The minimum absolute atomic E-state index is 0.0920. The summed E-state index contributed by atoms with van der Waals surface area (Å²) in [5.41, 5.74) is 2.82. The zero-order valence-electron chi connectivity index (χ0n) is 15.2. The van der Waals surface area contributed by atoms with E-state index in [9.17, 15) is 4.79 Å². The number of amides is 2. The van der Waals surface area contributed by atoms with Crippen molar-refractivity contribution >= 4 is 23.2 Å². The summed E-state index contributed by atoms with van der Waals surface area (Å²) < 4.78 is 0. The highest BCUT2D eigenvalue weighted by atomic mass is 16.2. The SMILES string of the molecule is CN1CCN(N(C)C(=O)N2c3ccccc3CNc3cccnc32)CC1. The van der Waals surface area contributed by atoms with Gasteiger partial charge in [0.2, 0.25) is 0 Å². The van der Waals surface area contributed by atoms with E-state index < -0.39 is 0 Å². The first-order valence-corrected chi connectivity index (χ1v) is 8.93. The lowest BCUT2D eigenvalue weighted by Gasteiger charge is -2.39. The minimum Gasteiger partial charge on any atom is -0.378 e. The number of likely N-dealkylation sites (N-methyl/N-ethyl adjacent to an activating group) is 1. The number of hydrazine groups is 1. The van der Waals surface area contributed by atoms with Crippen LogP contribution in [0, 0.1) is 0 Å². The Balaban J connectivity index is 1.71. The standard InChI is InChI=1S/C19H24N6O/c1-22-10-12-24(13-11-22)23(2)19(26)25-17-8-4-3-6-15(17)14-21-16-7-5-9-20-18(16)25/h3-9,21H,10-14H2,1-2H3. The molecule has 26 heavy (non-hydrogen) atoms. The van der Waals surface area contributed by atoms with E-state index in [1.807, 2.05) is 43.4 Å². The number of nitrogens with one attached hydrogen (secondary N) is 1. The van der Waals surface area contributed by atoms with Gasteiger partial charge in [0.1, 0.15) is 0 Å². The highest BCUT2D eigenvalue weighted by Crippen LogP contribution is 2.36. The van der Waals surface area contributed by atoms with Crippen molar-refractivity contribution in [3.63, 3.8) is 0 Å². The molecule has 1 N–H and O–H groups in total. The van der Waals surface area contributed by atoms with Gasteiger partial charge in [0.15, 0.2) is 5.82 Å². The number of nitrogens with zero attached hydrogens (tertiary/aromatic N) is 5. The van der Waals surface area contributed by atoms with Crippen LogP contribution in [0.4, 0.5) is 22.0 Å². The molecule has 0 aliphatic carbocycles. The Kier molecular flexibility index (Phi) is 4.48. The highest BCUT2D eigenvalue weighted by Gasteiger charge is 2.31. The van der Waals surface area contributed by atoms with Crippen molar-refractivity contribution in [1.82, 2.24) is 19.9 Å². The number of carbonyl (C=O) groups is 1. The second-order valence-electron chi connectivity index (χ2n) is 6.76. The molecule has 4 rings (SSSR count). The molecule has 2 aliphatic rings. The number of hydrogen-bond donors (Lipinski definition) is 1. The molecule has 0 unspecified atom stereocenters. The summed E-state index contributed by atoms with van der Waals surface area (Å²) in [6.07, 6.45) is 1.73. The van der Waals surface area contributed by atoms with Gasteiger partial charge in [-0.3, -0.25) is 5.01 Å². The third kappa shape index (κ3) is 3.00. The molecule has 2 amide bonds. The Bertz CT molecular complexity index is 755. The maximum atomic E-state index is 13.5.